The standard InChI is InChI=1S/C26H23N3/c1-19-25-17-28-18-29(25)24(26(19)23-5-3-2-4-6-23)12-9-20-7-10-21(11-8-20)22-13-15-27-16-14-22/h2-8,10-11,13-18,24H,9,12H2,1H3. The minimum atomic E-state index is 0.328. The average Bonchev–Trinajstić information content (AvgIpc) is 3.36. The molecule has 29 heavy (non-hydrogen) atoms. The second-order valence-corrected chi connectivity index (χ2v) is 7.58. The van der Waals surface area contributed by atoms with Crippen LogP contribution in [-0.2, 0) is 6.42 Å². The van der Waals surface area contributed by atoms with Crippen molar-refractivity contribution in [3.05, 3.63) is 108 Å². The Morgan fingerprint density at radius 1 is 0.793 bits per heavy atom. The van der Waals surface area contributed by atoms with Gasteiger partial charge in [0.05, 0.1) is 24.3 Å². The van der Waals surface area contributed by atoms with E-state index in [9.17, 15) is 0 Å². The van der Waals surface area contributed by atoms with E-state index in [0.717, 1.165) is 12.8 Å². The van der Waals surface area contributed by atoms with Crippen LogP contribution in [0.2, 0.25) is 0 Å². The summed E-state index contributed by atoms with van der Waals surface area (Å²) in [5.74, 6) is 0. The Kier molecular flexibility index (Phi) is 4.57. The summed E-state index contributed by atoms with van der Waals surface area (Å²) in [6.45, 7) is 2.22. The van der Waals surface area contributed by atoms with Gasteiger partial charge in [0, 0.05) is 12.4 Å². The predicted molar refractivity (Wildman–Crippen MR) is 118 cm³/mol. The van der Waals surface area contributed by atoms with Gasteiger partial charge in [0.15, 0.2) is 0 Å². The van der Waals surface area contributed by atoms with Crippen LogP contribution in [0.1, 0.15) is 36.2 Å². The second-order valence-electron chi connectivity index (χ2n) is 7.58. The lowest BCUT2D eigenvalue weighted by atomic mass is 9.92. The van der Waals surface area contributed by atoms with E-state index in [2.05, 4.69) is 76.1 Å². The molecule has 0 radical (unpaired) electrons. The topological polar surface area (TPSA) is 30.7 Å². The number of aryl methyl sites for hydroxylation is 1. The van der Waals surface area contributed by atoms with Crippen LogP contribution < -0.4 is 0 Å². The summed E-state index contributed by atoms with van der Waals surface area (Å²) in [6, 6.07) is 24.1. The van der Waals surface area contributed by atoms with E-state index in [1.165, 1.54) is 39.1 Å². The normalized spacial score (nSPS) is 15.6. The molecule has 142 valence electrons. The van der Waals surface area contributed by atoms with Gasteiger partial charge in [0.1, 0.15) is 0 Å². The number of imidazole rings is 1. The van der Waals surface area contributed by atoms with Gasteiger partial charge in [0.2, 0.25) is 0 Å². The van der Waals surface area contributed by atoms with Crippen molar-refractivity contribution < 1.29 is 0 Å². The molecule has 4 aromatic rings. The van der Waals surface area contributed by atoms with Crippen LogP contribution in [0.3, 0.4) is 0 Å². The first-order valence-electron chi connectivity index (χ1n) is 10.1. The van der Waals surface area contributed by atoms with Gasteiger partial charge >= 0.3 is 0 Å². The third-order valence-electron chi connectivity index (χ3n) is 5.88. The Morgan fingerprint density at radius 2 is 1.52 bits per heavy atom. The molecule has 2 aromatic carbocycles. The maximum atomic E-state index is 4.40. The van der Waals surface area contributed by atoms with Crippen LogP contribution in [0.25, 0.3) is 22.3 Å². The van der Waals surface area contributed by atoms with E-state index in [1.54, 1.807) is 0 Å². The fourth-order valence-electron chi connectivity index (χ4n) is 4.39. The van der Waals surface area contributed by atoms with Crippen LogP contribution in [0.4, 0.5) is 0 Å². The Labute approximate surface area is 171 Å². The lowest BCUT2D eigenvalue weighted by molar-refractivity contribution is 0.580. The third-order valence-corrected chi connectivity index (χ3v) is 5.88. The number of rotatable bonds is 5. The molecule has 3 heteroatoms. The van der Waals surface area contributed by atoms with Gasteiger partial charge in [-0.1, -0.05) is 54.6 Å². The summed E-state index contributed by atoms with van der Waals surface area (Å²) in [6.07, 6.45) is 9.73. The summed E-state index contributed by atoms with van der Waals surface area (Å²) < 4.78 is 2.34. The van der Waals surface area contributed by atoms with Gasteiger partial charge in [0.25, 0.3) is 0 Å². The smallest absolute Gasteiger partial charge is 0.0956 e. The van der Waals surface area contributed by atoms with Crippen molar-refractivity contribution in [2.24, 2.45) is 0 Å². The highest BCUT2D eigenvalue weighted by Gasteiger charge is 2.29. The number of aromatic nitrogens is 3. The highest BCUT2D eigenvalue weighted by molar-refractivity contribution is 5.93. The third kappa shape index (κ3) is 3.29. The molecule has 1 aliphatic rings. The molecule has 1 unspecified atom stereocenters. The first-order chi connectivity index (χ1) is 14.3. The number of hydrogen-bond acceptors (Lipinski definition) is 2. The van der Waals surface area contributed by atoms with Crippen molar-refractivity contribution in [1.29, 1.82) is 0 Å². The van der Waals surface area contributed by atoms with Crippen molar-refractivity contribution in [3.8, 4) is 11.1 Å². The molecule has 2 aromatic heterocycles. The van der Waals surface area contributed by atoms with Crippen LogP contribution in [0, 0.1) is 0 Å². The highest BCUT2D eigenvalue weighted by Crippen LogP contribution is 2.44. The van der Waals surface area contributed by atoms with Gasteiger partial charge in [-0.05, 0) is 65.3 Å². The molecule has 0 saturated carbocycles. The van der Waals surface area contributed by atoms with Gasteiger partial charge in [-0.25, -0.2) is 4.98 Å². The molecule has 1 atom stereocenters. The number of hydrogen-bond donors (Lipinski definition) is 0. The lowest BCUT2D eigenvalue weighted by Gasteiger charge is -2.19. The number of benzene rings is 2. The Bertz CT molecular complexity index is 1140. The number of fused-ring (bicyclic) bond motifs is 1. The molecule has 0 fully saturated rings. The zero-order valence-corrected chi connectivity index (χ0v) is 16.5. The van der Waals surface area contributed by atoms with Crippen LogP contribution in [0.5, 0.6) is 0 Å². The first-order valence-corrected chi connectivity index (χ1v) is 10.1. The Balaban J connectivity index is 1.38. The zero-order chi connectivity index (χ0) is 19.6. The molecular formula is C26H23N3. The minimum Gasteiger partial charge on any atom is -0.323 e. The SMILES string of the molecule is CC1=C(c2ccccc2)C(CCc2ccc(-c3ccncc3)cc2)n2cncc21. The van der Waals surface area contributed by atoms with Crippen molar-refractivity contribution in [3.63, 3.8) is 0 Å². The summed E-state index contributed by atoms with van der Waals surface area (Å²) >= 11 is 0. The second kappa shape index (κ2) is 7.51. The van der Waals surface area contributed by atoms with Gasteiger partial charge < -0.3 is 4.57 Å². The summed E-state index contributed by atoms with van der Waals surface area (Å²) in [5, 5.41) is 0. The molecule has 0 saturated heterocycles. The number of nitrogens with zero attached hydrogens (tertiary/aromatic N) is 3. The molecule has 0 amide bonds. The summed E-state index contributed by atoms with van der Waals surface area (Å²) in [4.78, 5) is 8.50. The van der Waals surface area contributed by atoms with Crippen molar-refractivity contribution >= 4 is 11.1 Å². The number of allylic oxidation sites excluding steroid dienone is 2. The number of pyridine rings is 1. The fraction of sp³-hybridized carbons (Fsp3) is 0.154. The Morgan fingerprint density at radius 3 is 2.28 bits per heavy atom. The molecule has 0 aliphatic carbocycles. The van der Waals surface area contributed by atoms with E-state index in [1.807, 2.05) is 37.1 Å². The van der Waals surface area contributed by atoms with Gasteiger partial charge in [-0.2, -0.15) is 0 Å². The molecule has 1 aliphatic heterocycles. The molecule has 3 nitrogen and oxygen atoms in total. The largest absolute Gasteiger partial charge is 0.323 e. The van der Waals surface area contributed by atoms with Gasteiger partial charge in [-0.15, -0.1) is 0 Å². The van der Waals surface area contributed by atoms with E-state index < -0.39 is 0 Å². The summed E-state index contributed by atoms with van der Waals surface area (Å²) in [7, 11) is 0. The monoisotopic (exact) mass is 377 g/mol. The van der Waals surface area contributed by atoms with Crippen molar-refractivity contribution in [2.45, 2.75) is 25.8 Å². The van der Waals surface area contributed by atoms with Crippen LogP contribution >= 0.6 is 0 Å². The molecule has 3 heterocycles. The average molecular weight is 377 g/mol. The molecule has 0 bridgehead atoms. The van der Waals surface area contributed by atoms with E-state index >= 15 is 0 Å². The quantitative estimate of drug-likeness (QED) is 0.423. The van der Waals surface area contributed by atoms with Crippen LogP contribution in [0.15, 0.2) is 91.6 Å². The first kappa shape index (κ1) is 17.6. The Hall–Kier alpha value is -3.46. The van der Waals surface area contributed by atoms with E-state index in [0.29, 0.717) is 6.04 Å². The van der Waals surface area contributed by atoms with E-state index in [-0.39, 0.29) is 0 Å². The molecule has 0 spiro atoms. The minimum absolute atomic E-state index is 0.328. The molecular weight excluding hydrogens is 354 g/mol. The zero-order valence-electron chi connectivity index (χ0n) is 16.5. The van der Waals surface area contributed by atoms with Crippen molar-refractivity contribution in [1.82, 2.24) is 14.5 Å². The maximum absolute atomic E-state index is 4.40. The van der Waals surface area contributed by atoms with Gasteiger partial charge in [-0.3, -0.25) is 4.98 Å². The fourth-order valence-corrected chi connectivity index (χ4v) is 4.39. The molecule has 5 rings (SSSR count). The van der Waals surface area contributed by atoms with Crippen molar-refractivity contribution in [2.75, 3.05) is 0 Å². The highest BCUT2D eigenvalue weighted by atomic mass is 15.1. The lowest BCUT2D eigenvalue weighted by Crippen LogP contribution is -2.08. The maximum Gasteiger partial charge on any atom is 0.0956 e. The summed E-state index contributed by atoms with van der Waals surface area (Å²) in [5.41, 5.74) is 9.11. The molecule has 0 N–H and O–H groups in total. The van der Waals surface area contributed by atoms with E-state index in [4.69, 9.17) is 0 Å². The van der Waals surface area contributed by atoms with Crippen LogP contribution in [-0.4, -0.2) is 14.5 Å². The predicted octanol–water partition coefficient (Wildman–Crippen LogP) is 6.06.